The van der Waals surface area contributed by atoms with Gasteiger partial charge in [0.25, 0.3) is 0 Å². The average molecular weight is 225 g/mol. The van der Waals surface area contributed by atoms with Crippen LogP contribution in [0.4, 0.5) is 4.39 Å². The van der Waals surface area contributed by atoms with Gasteiger partial charge in [0.2, 0.25) is 0 Å². The summed E-state index contributed by atoms with van der Waals surface area (Å²) in [5.41, 5.74) is 2.31. The average Bonchev–Trinajstić information content (AvgIpc) is 2.19. The van der Waals surface area contributed by atoms with E-state index in [-0.39, 0.29) is 17.7 Å². The standard InChI is InChI=1S/C13H20FNO/c1-8(2)10-6-11(14)13(9(3)4)15-12(10)7-16-5/h6,8-9H,7H2,1-5H3. The molecule has 1 aromatic heterocycles. The van der Waals surface area contributed by atoms with Crippen molar-refractivity contribution < 1.29 is 9.13 Å². The van der Waals surface area contributed by atoms with Crippen LogP contribution in [0.5, 0.6) is 0 Å². The predicted molar refractivity (Wildman–Crippen MR) is 63.1 cm³/mol. The number of nitrogens with zero attached hydrogens (tertiary/aromatic N) is 1. The Kier molecular flexibility index (Phi) is 4.42. The van der Waals surface area contributed by atoms with Crippen LogP contribution < -0.4 is 0 Å². The summed E-state index contributed by atoms with van der Waals surface area (Å²) < 4.78 is 18.9. The van der Waals surface area contributed by atoms with Crippen LogP contribution in [-0.4, -0.2) is 12.1 Å². The van der Waals surface area contributed by atoms with Gasteiger partial charge in [-0.15, -0.1) is 0 Å². The Morgan fingerprint density at radius 2 is 1.88 bits per heavy atom. The molecule has 16 heavy (non-hydrogen) atoms. The summed E-state index contributed by atoms with van der Waals surface area (Å²) in [5.74, 6) is 0.142. The Morgan fingerprint density at radius 1 is 1.25 bits per heavy atom. The van der Waals surface area contributed by atoms with Crippen LogP contribution in [0.25, 0.3) is 0 Å². The molecule has 0 fully saturated rings. The van der Waals surface area contributed by atoms with E-state index >= 15 is 0 Å². The summed E-state index contributed by atoms with van der Waals surface area (Å²) in [6.45, 7) is 8.39. The van der Waals surface area contributed by atoms with Crippen molar-refractivity contribution >= 4 is 0 Å². The van der Waals surface area contributed by atoms with E-state index in [1.807, 2.05) is 27.7 Å². The topological polar surface area (TPSA) is 22.1 Å². The molecule has 0 unspecified atom stereocenters. The van der Waals surface area contributed by atoms with Gasteiger partial charge in [0, 0.05) is 7.11 Å². The number of methoxy groups -OCH3 is 1. The second kappa shape index (κ2) is 5.39. The first kappa shape index (κ1) is 13.1. The molecular weight excluding hydrogens is 205 g/mol. The van der Waals surface area contributed by atoms with Gasteiger partial charge in [0.1, 0.15) is 5.82 Å². The third kappa shape index (κ3) is 2.79. The Labute approximate surface area is 96.8 Å². The first-order valence-electron chi connectivity index (χ1n) is 5.65. The van der Waals surface area contributed by atoms with E-state index in [0.29, 0.717) is 12.3 Å². The summed E-state index contributed by atoms with van der Waals surface area (Å²) in [5, 5.41) is 0. The lowest BCUT2D eigenvalue weighted by atomic mass is 9.99. The second-order valence-corrected chi connectivity index (χ2v) is 4.63. The second-order valence-electron chi connectivity index (χ2n) is 4.63. The van der Waals surface area contributed by atoms with Crippen LogP contribution in [0.15, 0.2) is 6.07 Å². The van der Waals surface area contributed by atoms with E-state index in [0.717, 1.165) is 11.3 Å². The number of aromatic nitrogens is 1. The molecule has 1 rings (SSSR count). The molecule has 0 saturated heterocycles. The molecule has 1 aromatic rings. The summed E-state index contributed by atoms with van der Waals surface area (Å²) in [6.07, 6.45) is 0. The van der Waals surface area contributed by atoms with Crippen molar-refractivity contribution in [1.29, 1.82) is 0 Å². The van der Waals surface area contributed by atoms with Gasteiger partial charge in [-0.2, -0.15) is 0 Å². The molecule has 2 nitrogen and oxygen atoms in total. The zero-order chi connectivity index (χ0) is 12.3. The van der Waals surface area contributed by atoms with Crippen LogP contribution in [0.3, 0.4) is 0 Å². The maximum absolute atomic E-state index is 13.8. The molecule has 1 heterocycles. The van der Waals surface area contributed by atoms with Crippen molar-refractivity contribution in [3.8, 4) is 0 Å². The minimum Gasteiger partial charge on any atom is -0.378 e. The number of rotatable bonds is 4. The van der Waals surface area contributed by atoms with Gasteiger partial charge in [0.15, 0.2) is 0 Å². The quantitative estimate of drug-likeness (QED) is 0.781. The smallest absolute Gasteiger partial charge is 0.145 e. The van der Waals surface area contributed by atoms with Crippen LogP contribution in [0.1, 0.15) is 56.5 Å². The molecule has 0 saturated carbocycles. The molecule has 0 atom stereocenters. The number of ether oxygens (including phenoxy) is 1. The molecule has 0 bridgehead atoms. The highest BCUT2D eigenvalue weighted by atomic mass is 19.1. The van der Waals surface area contributed by atoms with Crippen molar-refractivity contribution in [2.45, 2.75) is 46.1 Å². The SMILES string of the molecule is COCc1nc(C(C)C)c(F)cc1C(C)C. The third-order valence-corrected chi connectivity index (χ3v) is 2.57. The Bertz CT molecular complexity index is 361. The molecule has 0 aromatic carbocycles. The lowest BCUT2D eigenvalue weighted by molar-refractivity contribution is 0.180. The molecule has 90 valence electrons. The lowest BCUT2D eigenvalue weighted by Gasteiger charge is -2.15. The highest BCUT2D eigenvalue weighted by Gasteiger charge is 2.15. The summed E-state index contributed by atoms with van der Waals surface area (Å²) in [6, 6.07) is 1.60. The van der Waals surface area contributed by atoms with Gasteiger partial charge < -0.3 is 4.74 Å². The van der Waals surface area contributed by atoms with Crippen LogP contribution in [-0.2, 0) is 11.3 Å². The van der Waals surface area contributed by atoms with Crippen molar-refractivity contribution in [2.75, 3.05) is 7.11 Å². The van der Waals surface area contributed by atoms with E-state index in [1.54, 1.807) is 13.2 Å². The Morgan fingerprint density at radius 3 is 2.31 bits per heavy atom. The fourth-order valence-corrected chi connectivity index (χ4v) is 1.71. The molecule has 0 spiro atoms. The van der Waals surface area contributed by atoms with Gasteiger partial charge in [-0.05, 0) is 23.5 Å². The fraction of sp³-hybridized carbons (Fsp3) is 0.615. The fourth-order valence-electron chi connectivity index (χ4n) is 1.71. The number of hydrogen-bond acceptors (Lipinski definition) is 2. The Hall–Kier alpha value is -0.960. The van der Waals surface area contributed by atoms with Crippen LogP contribution in [0, 0.1) is 5.82 Å². The summed E-state index contributed by atoms with van der Waals surface area (Å²) in [4.78, 5) is 4.38. The molecule has 0 N–H and O–H groups in total. The van der Waals surface area contributed by atoms with Crippen molar-refractivity contribution in [2.24, 2.45) is 0 Å². The maximum atomic E-state index is 13.8. The molecule has 0 amide bonds. The van der Waals surface area contributed by atoms with Gasteiger partial charge in [-0.1, -0.05) is 27.7 Å². The highest BCUT2D eigenvalue weighted by Crippen LogP contribution is 2.24. The largest absolute Gasteiger partial charge is 0.378 e. The molecule has 3 heteroatoms. The van der Waals surface area contributed by atoms with E-state index in [4.69, 9.17) is 4.74 Å². The van der Waals surface area contributed by atoms with E-state index < -0.39 is 0 Å². The lowest BCUT2D eigenvalue weighted by Crippen LogP contribution is -2.08. The summed E-state index contributed by atoms with van der Waals surface area (Å²) in [7, 11) is 1.63. The first-order valence-corrected chi connectivity index (χ1v) is 5.65. The zero-order valence-corrected chi connectivity index (χ0v) is 10.7. The number of halogens is 1. The van der Waals surface area contributed by atoms with Gasteiger partial charge in [-0.3, -0.25) is 4.98 Å². The molecule has 0 radical (unpaired) electrons. The third-order valence-electron chi connectivity index (χ3n) is 2.57. The van der Waals surface area contributed by atoms with Crippen molar-refractivity contribution in [3.63, 3.8) is 0 Å². The maximum Gasteiger partial charge on any atom is 0.145 e. The predicted octanol–water partition coefficient (Wildman–Crippen LogP) is 3.61. The first-order chi connectivity index (χ1) is 7.47. The van der Waals surface area contributed by atoms with Gasteiger partial charge in [0.05, 0.1) is 18.0 Å². The van der Waals surface area contributed by atoms with E-state index in [9.17, 15) is 4.39 Å². The van der Waals surface area contributed by atoms with Crippen molar-refractivity contribution in [3.05, 3.63) is 28.8 Å². The minimum absolute atomic E-state index is 0.0943. The van der Waals surface area contributed by atoms with Gasteiger partial charge in [-0.25, -0.2) is 4.39 Å². The van der Waals surface area contributed by atoms with E-state index in [2.05, 4.69) is 4.98 Å². The summed E-state index contributed by atoms with van der Waals surface area (Å²) >= 11 is 0. The molecule has 0 aliphatic carbocycles. The number of hydrogen-bond donors (Lipinski definition) is 0. The van der Waals surface area contributed by atoms with E-state index in [1.165, 1.54) is 0 Å². The normalized spacial score (nSPS) is 11.5. The van der Waals surface area contributed by atoms with Crippen LogP contribution in [0.2, 0.25) is 0 Å². The van der Waals surface area contributed by atoms with Gasteiger partial charge >= 0.3 is 0 Å². The molecule has 0 aliphatic rings. The Balaban J connectivity index is 3.25. The van der Waals surface area contributed by atoms with Crippen LogP contribution >= 0.6 is 0 Å². The van der Waals surface area contributed by atoms with Crippen molar-refractivity contribution in [1.82, 2.24) is 4.98 Å². The molecule has 0 aliphatic heterocycles. The minimum atomic E-state index is -0.210. The number of pyridine rings is 1. The highest BCUT2D eigenvalue weighted by molar-refractivity contribution is 5.28. The zero-order valence-electron chi connectivity index (χ0n) is 10.7. The monoisotopic (exact) mass is 225 g/mol. The molecular formula is C13H20FNO.